The maximum absolute atomic E-state index is 5.76. The number of fused-ring (bicyclic) bond motifs is 1. The number of ether oxygens (including phenoxy) is 2. The van der Waals surface area contributed by atoms with Crippen molar-refractivity contribution < 1.29 is 13.9 Å². The van der Waals surface area contributed by atoms with Crippen LogP contribution in [0.1, 0.15) is 5.69 Å². The van der Waals surface area contributed by atoms with Gasteiger partial charge in [-0.3, -0.25) is 0 Å². The van der Waals surface area contributed by atoms with E-state index in [9.17, 15) is 0 Å². The Morgan fingerprint density at radius 2 is 1.93 bits per heavy atom. The molecule has 0 atom stereocenters. The molecule has 3 aromatic heterocycles. The lowest BCUT2D eigenvalue weighted by Crippen LogP contribution is -1.90. The molecule has 0 N–H and O–H groups in total. The van der Waals surface area contributed by atoms with Crippen molar-refractivity contribution in [3.05, 3.63) is 52.9 Å². The summed E-state index contributed by atoms with van der Waals surface area (Å²) in [7, 11) is 3.18. The summed E-state index contributed by atoms with van der Waals surface area (Å²) in [6.45, 7) is 0. The molecule has 0 saturated heterocycles. The summed E-state index contributed by atoms with van der Waals surface area (Å²) in [6, 6.07) is 9.39. The van der Waals surface area contributed by atoms with Crippen LogP contribution in [0.4, 0.5) is 0 Å². The third-order valence-electron chi connectivity index (χ3n) is 3.85. The maximum Gasteiger partial charge on any atom is 0.277 e. The third-order valence-corrected chi connectivity index (χ3v) is 5.17. The number of halogens is 1. The minimum absolute atomic E-state index is 0.428. The van der Waals surface area contributed by atoms with Crippen molar-refractivity contribution in [1.29, 1.82) is 0 Å². The van der Waals surface area contributed by atoms with Gasteiger partial charge in [0.2, 0.25) is 5.89 Å². The van der Waals surface area contributed by atoms with Gasteiger partial charge >= 0.3 is 0 Å². The van der Waals surface area contributed by atoms with Crippen LogP contribution in [0.5, 0.6) is 11.5 Å². The predicted molar refractivity (Wildman–Crippen MR) is 105 cm³/mol. The molecular formula is C18H15BrN4O3S. The van der Waals surface area contributed by atoms with Gasteiger partial charge < -0.3 is 18.3 Å². The lowest BCUT2D eigenvalue weighted by molar-refractivity contribution is 0.355. The van der Waals surface area contributed by atoms with Gasteiger partial charge in [0, 0.05) is 28.2 Å². The molecule has 0 spiro atoms. The van der Waals surface area contributed by atoms with Crippen LogP contribution in [0.25, 0.3) is 17.1 Å². The summed E-state index contributed by atoms with van der Waals surface area (Å²) in [5.41, 5.74) is 2.60. The molecule has 4 rings (SSSR count). The fraction of sp³-hybridized carbons (Fsp3) is 0.167. The fourth-order valence-corrected chi connectivity index (χ4v) is 3.58. The summed E-state index contributed by atoms with van der Waals surface area (Å²) in [5.74, 6) is 2.32. The molecule has 1 aromatic carbocycles. The molecule has 0 fully saturated rings. The number of hydrogen-bond donors (Lipinski definition) is 0. The quantitative estimate of drug-likeness (QED) is 0.404. The molecule has 138 valence electrons. The van der Waals surface area contributed by atoms with Crippen LogP contribution in [0, 0.1) is 0 Å². The van der Waals surface area contributed by atoms with Crippen molar-refractivity contribution in [2.45, 2.75) is 11.0 Å². The van der Waals surface area contributed by atoms with Gasteiger partial charge in [0.1, 0.15) is 5.65 Å². The Kier molecular flexibility index (Phi) is 5.04. The largest absolute Gasteiger partial charge is 0.493 e. The van der Waals surface area contributed by atoms with Crippen molar-refractivity contribution in [3.63, 3.8) is 0 Å². The van der Waals surface area contributed by atoms with Crippen molar-refractivity contribution >= 4 is 33.3 Å². The molecule has 0 bridgehead atoms. The van der Waals surface area contributed by atoms with E-state index < -0.39 is 0 Å². The first kappa shape index (κ1) is 17.9. The van der Waals surface area contributed by atoms with Gasteiger partial charge in [0.25, 0.3) is 5.22 Å². The number of methoxy groups -OCH3 is 2. The second-order valence-corrected chi connectivity index (χ2v) is 7.42. The summed E-state index contributed by atoms with van der Waals surface area (Å²) in [4.78, 5) is 4.58. The predicted octanol–water partition coefficient (Wildman–Crippen LogP) is 4.46. The van der Waals surface area contributed by atoms with Gasteiger partial charge in [-0.15, -0.1) is 10.2 Å². The Hall–Kier alpha value is -2.52. The molecule has 27 heavy (non-hydrogen) atoms. The van der Waals surface area contributed by atoms with Crippen molar-refractivity contribution in [2.24, 2.45) is 0 Å². The molecule has 0 amide bonds. The van der Waals surface area contributed by atoms with Crippen LogP contribution >= 0.6 is 27.7 Å². The lowest BCUT2D eigenvalue weighted by Gasteiger charge is -2.07. The number of benzene rings is 1. The van der Waals surface area contributed by atoms with Gasteiger partial charge in [-0.05, 0) is 46.3 Å². The highest BCUT2D eigenvalue weighted by molar-refractivity contribution is 9.10. The highest BCUT2D eigenvalue weighted by Crippen LogP contribution is 2.33. The zero-order valence-corrected chi connectivity index (χ0v) is 17.0. The van der Waals surface area contributed by atoms with E-state index in [1.165, 1.54) is 11.8 Å². The molecule has 4 aromatic rings. The van der Waals surface area contributed by atoms with E-state index in [0.29, 0.717) is 28.4 Å². The average molecular weight is 447 g/mol. The van der Waals surface area contributed by atoms with Crippen LogP contribution in [-0.4, -0.2) is 33.8 Å². The van der Waals surface area contributed by atoms with Crippen LogP contribution in [-0.2, 0) is 5.75 Å². The molecule has 0 saturated carbocycles. The first-order valence-corrected chi connectivity index (χ1v) is 9.76. The monoisotopic (exact) mass is 446 g/mol. The Morgan fingerprint density at radius 3 is 2.74 bits per heavy atom. The second-order valence-electron chi connectivity index (χ2n) is 5.58. The third kappa shape index (κ3) is 3.79. The Balaban J connectivity index is 1.49. The number of rotatable bonds is 6. The molecule has 7 nitrogen and oxygen atoms in total. The minimum Gasteiger partial charge on any atom is -0.493 e. The topological polar surface area (TPSA) is 74.7 Å². The van der Waals surface area contributed by atoms with E-state index in [1.54, 1.807) is 26.4 Å². The van der Waals surface area contributed by atoms with E-state index in [2.05, 4.69) is 31.1 Å². The first-order chi connectivity index (χ1) is 13.2. The molecule has 0 aliphatic heterocycles. The van der Waals surface area contributed by atoms with Gasteiger partial charge in [0.15, 0.2) is 11.5 Å². The van der Waals surface area contributed by atoms with E-state index in [0.717, 1.165) is 21.4 Å². The number of nitrogens with zero attached hydrogens (tertiary/aromatic N) is 4. The Morgan fingerprint density at radius 1 is 1.07 bits per heavy atom. The normalized spacial score (nSPS) is 11.1. The van der Waals surface area contributed by atoms with E-state index >= 15 is 0 Å². The summed E-state index contributed by atoms with van der Waals surface area (Å²) < 4.78 is 19.3. The SMILES string of the molecule is COc1ccc(-c2nnc(SCc3cn4cc(Br)ccc4n3)o2)cc1OC. The smallest absolute Gasteiger partial charge is 0.277 e. The molecule has 3 heterocycles. The highest BCUT2D eigenvalue weighted by atomic mass is 79.9. The maximum atomic E-state index is 5.76. The molecule has 0 aliphatic rings. The summed E-state index contributed by atoms with van der Waals surface area (Å²) >= 11 is 4.90. The fourth-order valence-electron chi connectivity index (χ4n) is 2.58. The number of aromatic nitrogens is 4. The minimum atomic E-state index is 0.428. The molecule has 0 unspecified atom stereocenters. The van der Waals surface area contributed by atoms with Crippen LogP contribution in [0.15, 0.2) is 56.8 Å². The van der Waals surface area contributed by atoms with Crippen molar-refractivity contribution in [1.82, 2.24) is 19.6 Å². The summed E-state index contributed by atoms with van der Waals surface area (Å²) in [6.07, 6.45) is 3.96. The number of pyridine rings is 1. The first-order valence-electron chi connectivity index (χ1n) is 7.98. The van der Waals surface area contributed by atoms with Crippen molar-refractivity contribution in [2.75, 3.05) is 14.2 Å². The lowest BCUT2D eigenvalue weighted by atomic mass is 10.2. The van der Waals surface area contributed by atoms with Gasteiger partial charge in [-0.1, -0.05) is 11.8 Å². The van der Waals surface area contributed by atoms with Crippen LogP contribution < -0.4 is 9.47 Å². The van der Waals surface area contributed by atoms with Gasteiger partial charge in [0.05, 0.1) is 19.9 Å². The van der Waals surface area contributed by atoms with Gasteiger partial charge in [-0.2, -0.15) is 0 Å². The zero-order valence-electron chi connectivity index (χ0n) is 14.5. The second kappa shape index (κ2) is 7.61. The Labute approximate surface area is 167 Å². The zero-order chi connectivity index (χ0) is 18.8. The standard InChI is InChI=1S/C18H15BrN4O3S/c1-24-14-5-3-11(7-15(14)25-2)17-21-22-18(26-17)27-10-13-9-23-8-12(19)4-6-16(23)20-13/h3-9H,10H2,1-2H3. The average Bonchev–Trinajstić information content (AvgIpc) is 3.32. The van der Waals surface area contributed by atoms with Crippen molar-refractivity contribution in [3.8, 4) is 23.0 Å². The van der Waals surface area contributed by atoms with Crippen LogP contribution in [0.2, 0.25) is 0 Å². The summed E-state index contributed by atoms with van der Waals surface area (Å²) in [5, 5.41) is 8.71. The number of hydrogen-bond acceptors (Lipinski definition) is 7. The molecular weight excluding hydrogens is 432 g/mol. The van der Waals surface area contributed by atoms with Crippen LogP contribution in [0.3, 0.4) is 0 Å². The van der Waals surface area contributed by atoms with E-state index in [-0.39, 0.29) is 0 Å². The van der Waals surface area contributed by atoms with Gasteiger partial charge in [-0.25, -0.2) is 4.98 Å². The highest BCUT2D eigenvalue weighted by Gasteiger charge is 2.13. The van der Waals surface area contributed by atoms with E-state index in [1.807, 2.05) is 35.0 Å². The Bertz CT molecular complexity index is 1100. The number of imidazole rings is 1. The molecule has 0 radical (unpaired) electrons. The van der Waals surface area contributed by atoms with E-state index in [4.69, 9.17) is 13.9 Å². The molecule has 0 aliphatic carbocycles. The molecule has 9 heteroatoms. The number of thioether (sulfide) groups is 1.